The van der Waals surface area contributed by atoms with Crippen LogP contribution in [-0.2, 0) is 31.9 Å². The highest BCUT2D eigenvalue weighted by Crippen LogP contribution is 2.54. The number of aliphatic carboxylic acids is 2. The van der Waals surface area contributed by atoms with E-state index in [0.29, 0.717) is 0 Å². The van der Waals surface area contributed by atoms with E-state index >= 15 is 0 Å². The lowest BCUT2D eigenvalue weighted by Gasteiger charge is -2.26. The Hall–Kier alpha value is -7.36. The van der Waals surface area contributed by atoms with Gasteiger partial charge in [0.05, 0.1) is 11.1 Å². The standard InChI is InChI=1S/C36H26O16/c37-19-4-1-14(7-22(19)40)9-27(33(44)45)51-35(48)18-11-16-3-6-21(39)32-29(16)30(17-12-24(42)25(43)13-26(17)50-32)31(18)36(49)52-28(34(46)47)10-15-2-5-20(38)23(41)8-15/h1-8,11-13,27-28,37-43H,9-10H2,(H,44,45)(H,46,47)/t27-,28-/m0/s1. The van der Waals surface area contributed by atoms with Crippen molar-refractivity contribution in [1.82, 2.24) is 0 Å². The van der Waals surface area contributed by atoms with Crippen LogP contribution in [0.25, 0.3) is 21.9 Å². The van der Waals surface area contributed by atoms with Gasteiger partial charge in [-0.15, -0.1) is 0 Å². The van der Waals surface area contributed by atoms with Crippen LogP contribution in [0.1, 0.15) is 31.8 Å². The maximum atomic E-state index is 14.2. The van der Waals surface area contributed by atoms with Crippen LogP contribution in [0.2, 0.25) is 0 Å². The maximum Gasteiger partial charge on any atom is 0.345 e. The summed E-state index contributed by atoms with van der Waals surface area (Å²) in [6.07, 6.45) is -4.97. The molecule has 0 unspecified atom stereocenters. The molecule has 266 valence electrons. The fraction of sp³-hybridized carbons (Fsp3) is 0.111. The van der Waals surface area contributed by atoms with E-state index in [4.69, 9.17) is 14.2 Å². The largest absolute Gasteiger partial charge is 0.504 e. The first-order valence-electron chi connectivity index (χ1n) is 15.1. The van der Waals surface area contributed by atoms with Gasteiger partial charge >= 0.3 is 23.9 Å². The van der Waals surface area contributed by atoms with Crippen molar-refractivity contribution in [3.63, 3.8) is 0 Å². The quantitative estimate of drug-likeness (QED) is 0.0708. The predicted molar refractivity (Wildman–Crippen MR) is 175 cm³/mol. The fourth-order valence-corrected chi connectivity index (χ4v) is 5.71. The van der Waals surface area contributed by atoms with Crippen molar-refractivity contribution in [1.29, 1.82) is 0 Å². The molecule has 16 nitrogen and oxygen atoms in total. The molecule has 0 saturated carbocycles. The van der Waals surface area contributed by atoms with Crippen LogP contribution in [-0.4, -0.2) is 82.0 Å². The number of aromatic hydroxyl groups is 7. The van der Waals surface area contributed by atoms with Gasteiger partial charge in [0.2, 0.25) is 12.2 Å². The van der Waals surface area contributed by atoms with Gasteiger partial charge in [0, 0.05) is 35.4 Å². The van der Waals surface area contributed by atoms with E-state index in [2.05, 4.69) is 0 Å². The Bertz CT molecular complexity index is 2330. The second-order valence-electron chi connectivity index (χ2n) is 11.6. The number of hydrogen-bond donors (Lipinski definition) is 9. The summed E-state index contributed by atoms with van der Waals surface area (Å²) in [5, 5.41) is 90.6. The summed E-state index contributed by atoms with van der Waals surface area (Å²) in [6, 6.07) is 12.3. The molecular formula is C36H26O16. The molecule has 1 aliphatic rings. The van der Waals surface area contributed by atoms with Crippen LogP contribution in [0.15, 0.2) is 66.7 Å². The number of benzene rings is 5. The van der Waals surface area contributed by atoms with E-state index in [0.717, 1.165) is 42.5 Å². The molecule has 52 heavy (non-hydrogen) atoms. The molecule has 6 rings (SSSR count). The lowest BCUT2D eigenvalue weighted by molar-refractivity contribution is -0.147. The number of rotatable bonds is 10. The third kappa shape index (κ3) is 6.38. The number of phenols is 7. The average molecular weight is 715 g/mol. The van der Waals surface area contributed by atoms with Gasteiger partial charge in [-0.25, -0.2) is 19.2 Å². The zero-order valence-corrected chi connectivity index (χ0v) is 26.3. The molecule has 0 spiro atoms. The molecule has 0 amide bonds. The van der Waals surface area contributed by atoms with Crippen molar-refractivity contribution < 1.29 is 79.3 Å². The number of carbonyl (C=O) groups is 4. The molecule has 9 N–H and O–H groups in total. The molecule has 0 saturated heterocycles. The Balaban J connectivity index is 1.52. The fourth-order valence-electron chi connectivity index (χ4n) is 5.71. The summed E-state index contributed by atoms with van der Waals surface area (Å²) >= 11 is 0. The highest BCUT2D eigenvalue weighted by Gasteiger charge is 2.37. The van der Waals surface area contributed by atoms with Crippen molar-refractivity contribution in [2.75, 3.05) is 0 Å². The van der Waals surface area contributed by atoms with E-state index in [1.54, 1.807) is 0 Å². The van der Waals surface area contributed by atoms with Gasteiger partial charge in [0.25, 0.3) is 0 Å². The van der Waals surface area contributed by atoms with Gasteiger partial charge in [-0.05, 0) is 59.0 Å². The molecule has 2 atom stereocenters. The molecule has 5 aromatic carbocycles. The molecule has 1 heterocycles. The molecule has 0 fully saturated rings. The van der Waals surface area contributed by atoms with E-state index in [-0.39, 0.29) is 44.5 Å². The van der Waals surface area contributed by atoms with Crippen LogP contribution in [0.3, 0.4) is 0 Å². The summed E-state index contributed by atoms with van der Waals surface area (Å²) in [7, 11) is 0. The predicted octanol–water partition coefficient (Wildman–Crippen LogP) is 4.26. The van der Waals surface area contributed by atoms with Crippen molar-refractivity contribution in [2.45, 2.75) is 25.0 Å². The first kappa shape index (κ1) is 34.5. The number of ether oxygens (including phenoxy) is 3. The summed E-state index contributed by atoms with van der Waals surface area (Å²) in [5.74, 6) is -10.6. The van der Waals surface area contributed by atoms with Crippen molar-refractivity contribution in [3.8, 4) is 62.9 Å². The van der Waals surface area contributed by atoms with Crippen molar-refractivity contribution in [3.05, 3.63) is 89.0 Å². The minimum absolute atomic E-state index is 0.0224. The molecule has 5 aromatic rings. The zero-order chi connectivity index (χ0) is 37.6. The van der Waals surface area contributed by atoms with E-state index in [1.165, 1.54) is 24.3 Å². The normalized spacial score (nSPS) is 12.6. The number of fused-ring (bicyclic) bond motifs is 2. The van der Waals surface area contributed by atoms with Crippen LogP contribution >= 0.6 is 0 Å². The van der Waals surface area contributed by atoms with Gasteiger partial charge in [-0.3, -0.25) is 0 Å². The summed E-state index contributed by atoms with van der Waals surface area (Å²) in [5.41, 5.74) is -1.48. The van der Waals surface area contributed by atoms with Crippen molar-refractivity contribution in [2.24, 2.45) is 0 Å². The molecule has 0 bridgehead atoms. The summed E-state index contributed by atoms with van der Waals surface area (Å²) in [4.78, 5) is 52.8. The highest BCUT2D eigenvalue weighted by molar-refractivity contribution is 6.19. The first-order chi connectivity index (χ1) is 24.6. The van der Waals surface area contributed by atoms with Crippen LogP contribution in [0.4, 0.5) is 0 Å². The number of carboxylic acids is 2. The second kappa shape index (κ2) is 13.2. The van der Waals surface area contributed by atoms with E-state index in [1.807, 2.05) is 0 Å². The number of phenolic OH excluding ortho intramolecular Hbond substituents is 7. The molecule has 0 aromatic heterocycles. The van der Waals surface area contributed by atoms with Crippen molar-refractivity contribution >= 4 is 34.6 Å². The smallest absolute Gasteiger partial charge is 0.345 e. The molecule has 1 aliphatic heterocycles. The number of hydrogen-bond acceptors (Lipinski definition) is 14. The Morgan fingerprint density at radius 1 is 0.577 bits per heavy atom. The number of esters is 2. The van der Waals surface area contributed by atoms with Gasteiger partial charge in [-0.2, -0.15) is 0 Å². The Morgan fingerprint density at radius 2 is 1.08 bits per heavy atom. The molecule has 0 aliphatic carbocycles. The number of carbonyl (C=O) groups excluding carboxylic acids is 2. The van der Waals surface area contributed by atoms with Crippen LogP contribution in [0.5, 0.6) is 51.7 Å². The second-order valence-corrected chi connectivity index (χ2v) is 11.6. The third-order valence-electron chi connectivity index (χ3n) is 8.19. The van der Waals surface area contributed by atoms with Gasteiger partial charge in [0.1, 0.15) is 5.75 Å². The van der Waals surface area contributed by atoms with Gasteiger partial charge < -0.3 is 60.2 Å². The first-order valence-corrected chi connectivity index (χ1v) is 15.1. The molecule has 0 radical (unpaired) electrons. The highest BCUT2D eigenvalue weighted by atomic mass is 16.6. The van der Waals surface area contributed by atoms with Gasteiger partial charge in [0.15, 0.2) is 46.0 Å². The minimum atomic E-state index is -1.98. The Morgan fingerprint density at radius 3 is 1.62 bits per heavy atom. The van der Waals surface area contributed by atoms with E-state index in [9.17, 15) is 65.1 Å². The van der Waals surface area contributed by atoms with Gasteiger partial charge in [-0.1, -0.05) is 18.2 Å². The maximum absolute atomic E-state index is 14.2. The monoisotopic (exact) mass is 714 g/mol. The Kier molecular flexibility index (Phi) is 8.73. The molecular weight excluding hydrogens is 688 g/mol. The lowest BCUT2D eigenvalue weighted by Crippen LogP contribution is -2.32. The summed E-state index contributed by atoms with van der Waals surface area (Å²) < 4.78 is 16.6. The summed E-state index contributed by atoms with van der Waals surface area (Å²) in [6.45, 7) is 0. The van der Waals surface area contributed by atoms with Crippen LogP contribution in [0, 0.1) is 0 Å². The SMILES string of the molecule is O=C(O[C@@H](Cc1ccc(O)c(O)c1)C(=O)O)c1cc2ccc(O)c3c2c(c1C(=O)O[C@@H](Cc1ccc(O)c(O)c1)C(=O)O)-c1cc(O)c(O)cc1O3. The van der Waals surface area contributed by atoms with E-state index < -0.39 is 100 Å². The zero-order valence-electron chi connectivity index (χ0n) is 26.3. The third-order valence-corrected chi connectivity index (χ3v) is 8.19. The minimum Gasteiger partial charge on any atom is -0.504 e. The average Bonchev–Trinajstić information content (AvgIpc) is 3.09. The van der Waals surface area contributed by atoms with Crippen LogP contribution < -0.4 is 4.74 Å². The topological polar surface area (TPSA) is 278 Å². The Labute approximate surface area is 290 Å². The molecule has 16 heteroatoms. The lowest BCUT2D eigenvalue weighted by atomic mass is 9.86. The number of carboxylic acid groups (broad SMARTS) is 2.